The number of rotatable bonds is 2. The number of nitrogens with zero attached hydrogens (tertiary/aromatic N) is 2. The molecule has 0 aromatic heterocycles. The Labute approximate surface area is 67.6 Å². The molecule has 0 aliphatic carbocycles. The van der Waals surface area contributed by atoms with Crippen molar-refractivity contribution < 1.29 is 4.74 Å². The van der Waals surface area contributed by atoms with Gasteiger partial charge < -0.3 is 4.74 Å². The lowest BCUT2D eigenvalue weighted by atomic mass is 10.1. The van der Waals surface area contributed by atoms with Gasteiger partial charge in [0.05, 0.1) is 0 Å². The number of ether oxygens (including phenoxy) is 1. The molecule has 1 saturated heterocycles. The van der Waals surface area contributed by atoms with Gasteiger partial charge in [0.1, 0.15) is 6.07 Å². The van der Waals surface area contributed by atoms with Crippen LogP contribution in [0, 0.1) is 11.3 Å². The van der Waals surface area contributed by atoms with Gasteiger partial charge in [0.15, 0.2) is 6.23 Å². The monoisotopic (exact) mass is 154 g/mol. The molecule has 1 aliphatic heterocycles. The molecule has 0 aromatic carbocycles. The first-order valence-corrected chi connectivity index (χ1v) is 4.05. The third kappa shape index (κ3) is 2.18. The van der Waals surface area contributed by atoms with Crippen molar-refractivity contribution in [1.82, 2.24) is 4.90 Å². The van der Waals surface area contributed by atoms with Crippen molar-refractivity contribution in [3.05, 3.63) is 0 Å². The highest BCUT2D eigenvalue weighted by atomic mass is 16.5. The standard InChI is InChI=1S/C8H14N2O/c1-11-8(7-9)10-5-3-2-4-6-10/h8H,2-6H2,1H3. The zero-order chi connectivity index (χ0) is 8.10. The molecule has 1 aliphatic rings. The van der Waals surface area contributed by atoms with Gasteiger partial charge in [0.2, 0.25) is 0 Å². The van der Waals surface area contributed by atoms with Gasteiger partial charge in [-0.05, 0) is 12.8 Å². The maximum atomic E-state index is 8.66. The van der Waals surface area contributed by atoms with Crippen LogP contribution in [0.4, 0.5) is 0 Å². The summed E-state index contributed by atoms with van der Waals surface area (Å²) >= 11 is 0. The van der Waals surface area contributed by atoms with E-state index < -0.39 is 0 Å². The number of likely N-dealkylation sites (tertiary alicyclic amines) is 1. The van der Waals surface area contributed by atoms with Crippen LogP contribution < -0.4 is 0 Å². The summed E-state index contributed by atoms with van der Waals surface area (Å²) in [7, 11) is 1.59. The van der Waals surface area contributed by atoms with Crippen molar-refractivity contribution in [3.8, 4) is 6.07 Å². The topological polar surface area (TPSA) is 36.3 Å². The molecular formula is C8H14N2O. The van der Waals surface area contributed by atoms with Crippen LogP contribution in [0.25, 0.3) is 0 Å². The molecule has 0 aromatic rings. The van der Waals surface area contributed by atoms with Crippen LogP contribution in [0.1, 0.15) is 19.3 Å². The number of nitriles is 1. The number of piperidine rings is 1. The van der Waals surface area contributed by atoms with Crippen LogP contribution >= 0.6 is 0 Å². The van der Waals surface area contributed by atoms with Gasteiger partial charge in [-0.25, -0.2) is 0 Å². The Kier molecular flexibility index (Phi) is 3.34. The first-order chi connectivity index (χ1) is 5.38. The molecule has 0 N–H and O–H groups in total. The maximum Gasteiger partial charge on any atom is 0.199 e. The SMILES string of the molecule is COC(C#N)N1CCCCC1. The van der Waals surface area contributed by atoms with E-state index in [1.807, 2.05) is 0 Å². The molecule has 0 radical (unpaired) electrons. The number of hydrogen-bond acceptors (Lipinski definition) is 3. The zero-order valence-electron chi connectivity index (χ0n) is 6.92. The number of hydrogen-bond donors (Lipinski definition) is 0. The molecule has 1 unspecified atom stereocenters. The summed E-state index contributed by atoms with van der Waals surface area (Å²) in [5.41, 5.74) is 0. The van der Waals surface area contributed by atoms with Crippen LogP contribution in [0.5, 0.6) is 0 Å². The van der Waals surface area contributed by atoms with Crippen LogP contribution in [-0.2, 0) is 4.74 Å². The van der Waals surface area contributed by atoms with Crippen LogP contribution in [0.3, 0.4) is 0 Å². The van der Waals surface area contributed by atoms with E-state index in [1.54, 1.807) is 7.11 Å². The van der Waals surface area contributed by atoms with E-state index in [4.69, 9.17) is 10.00 Å². The van der Waals surface area contributed by atoms with Crippen molar-refractivity contribution in [2.45, 2.75) is 25.5 Å². The normalized spacial score (nSPS) is 22.5. The third-order valence-corrected chi connectivity index (χ3v) is 2.06. The van der Waals surface area contributed by atoms with Crippen molar-refractivity contribution in [2.24, 2.45) is 0 Å². The molecule has 1 atom stereocenters. The maximum absolute atomic E-state index is 8.66. The molecule has 0 spiro atoms. The van der Waals surface area contributed by atoms with Gasteiger partial charge in [0.25, 0.3) is 0 Å². The molecule has 0 amide bonds. The summed E-state index contributed by atoms with van der Waals surface area (Å²) in [6.45, 7) is 2.01. The van der Waals surface area contributed by atoms with E-state index in [1.165, 1.54) is 19.3 Å². The lowest BCUT2D eigenvalue weighted by Crippen LogP contribution is -2.39. The Balaban J connectivity index is 2.38. The van der Waals surface area contributed by atoms with Crippen molar-refractivity contribution in [3.63, 3.8) is 0 Å². The van der Waals surface area contributed by atoms with Gasteiger partial charge >= 0.3 is 0 Å². The second-order valence-corrected chi connectivity index (χ2v) is 2.81. The fraction of sp³-hybridized carbons (Fsp3) is 0.875. The average Bonchev–Trinajstić information content (AvgIpc) is 2.09. The third-order valence-electron chi connectivity index (χ3n) is 2.06. The Morgan fingerprint density at radius 3 is 2.45 bits per heavy atom. The van der Waals surface area contributed by atoms with Crippen LogP contribution in [0.2, 0.25) is 0 Å². The Hall–Kier alpha value is -0.590. The van der Waals surface area contributed by atoms with E-state index in [0.717, 1.165) is 13.1 Å². The fourth-order valence-corrected chi connectivity index (χ4v) is 1.44. The highest BCUT2D eigenvalue weighted by Gasteiger charge is 2.18. The van der Waals surface area contributed by atoms with Crippen molar-refractivity contribution in [2.75, 3.05) is 20.2 Å². The molecule has 1 rings (SSSR count). The molecule has 0 bridgehead atoms. The molecular weight excluding hydrogens is 140 g/mol. The molecule has 0 saturated carbocycles. The molecule has 11 heavy (non-hydrogen) atoms. The fourth-order valence-electron chi connectivity index (χ4n) is 1.44. The highest BCUT2D eigenvalue weighted by Crippen LogP contribution is 2.11. The first kappa shape index (κ1) is 8.51. The number of methoxy groups -OCH3 is 1. The van der Waals surface area contributed by atoms with Gasteiger partial charge in [0, 0.05) is 20.2 Å². The summed E-state index contributed by atoms with van der Waals surface area (Å²) in [5.74, 6) is 0. The Morgan fingerprint density at radius 1 is 1.36 bits per heavy atom. The van der Waals surface area contributed by atoms with E-state index in [0.29, 0.717) is 0 Å². The van der Waals surface area contributed by atoms with E-state index in [-0.39, 0.29) is 6.23 Å². The van der Waals surface area contributed by atoms with Crippen LogP contribution in [0.15, 0.2) is 0 Å². The Bertz CT molecular complexity index is 147. The molecule has 3 heteroatoms. The second-order valence-electron chi connectivity index (χ2n) is 2.81. The minimum Gasteiger partial charge on any atom is -0.353 e. The largest absolute Gasteiger partial charge is 0.353 e. The van der Waals surface area contributed by atoms with Gasteiger partial charge in [-0.2, -0.15) is 5.26 Å². The smallest absolute Gasteiger partial charge is 0.199 e. The lowest BCUT2D eigenvalue weighted by Gasteiger charge is -2.29. The predicted octanol–water partition coefficient (Wildman–Crippen LogP) is 0.968. The minimum absolute atomic E-state index is 0.324. The predicted molar refractivity (Wildman–Crippen MR) is 41.8 cm³/mol. The van der Waals surface area contributed by atoms with E-state index >= 15 is 0 Å². The molecule has 3 nitrogen and oxygen atoms in total. The highest BCUT2D eigenvalue weighted by molar-refractivity contribution is 4.85. The van der Waals surface area contributed by atoms with Crippen molar-refractivity contribution in [1.29, 1.82) is 5.26 Å². The zero-order valence-corrected chi connectivity index (χ0v) is 6.92. The van der Waals surface area contributed by atoms with E-state index in [9.17, 15) is 0 Å². The molecule has 1 heterocycles. The quantitative estimate of drug-likeness (QED) is 0.594. The van der Waals surface area contributed by atoms with Crippen LogP contribution in [-0.4, -0.2) is 31.3 Å². The first-order valence-electron chi connectivity index (χ1n) is 4.05. The van der Waals surface area contributed by atoms with Crippen molar-refractivity contribution >= 4 is 0 Å². The van der Waals surface area contributed by atoms with Gasteiger partial charge in [-0.3, -0.25) is 4.90 Å². The molecule has 62 valence electrons. The van der Waals surface area contributed by atoms with E-state index in [2.05, 4.69) is 11.0 Å². The summed E-state index contributed by atoms with van der Waals surface area (Å²) < 4.78 is 5.00. The molecule has 1 fully saturated rings. The van der Waals surface area contributed by atoms with Gasteiger partial charge in [-0.1, -0.05) is 6.42 Å². The van der Waals surface area contributed by atoms with Gasteiger partial charge in [-0.15, -0.1) is 0 Å². The summed E-state index contributed by atoms with van der Waals surface area (Å²) in [4.78, 5) is 2.09. The Morgan fingerprint density at radius 2 is 2.00 bits per heavy atom. The average molecular weight is 154 g/mol. The minimum atomic E-state index is -0.324. The second kappa shape index (κ2) is 4.32. The summed E-state index contributed by atoms with van der Waals surface area (Å²) in [6.07, 6.45) is 3.36. The summed E-state index contributed by atoms with van der Waals surface area (Å²) in [5, 5.41) is 8.66. The summed E-state index contributed by atoms with van der Waals surface area (Å²) in [6, 6.07) is 2.13. The lowest BCUT2D eigenvalue weighted by molar-refractivity contribution is -0.00236.